The Kier molecular flexibility index (Phi) is 3.81. The zero-order valence-electron chi connectivity index (χ0n) is 8.99. The minimum atomic E-state index is -0.444. The molecule has 15 heavy (non-hydrogen) atoms. The predicted molar refractivity (Wildman–Crippen MR) is 53.6 cm³/mol. The summed E-state index contributed by atoms with van der Waals surface area (Å²) < 4.78 is 0. The molecule has 1 rings (SSSR count). The predicted octanol–water partition coefficient (Wildman–Crippen LogP) is 0.0256. The number of amides is 2. The highest BCUT2D eigenvalue weighted by Crippen LogP contribution is 2.12. The third-order valence-corrected chi connectivity index (χ3v) is 2.65. The van der Waals surface area contributed by atoms with Crippen molar-refractivity contribution in [2.75, 3.05) is 7.05 Å². The smallest absolute Gasteiger partial charge is 0.246 e. The molecule has 0 radical (unpaired) electrons. The van der Waals surface area contributed by atoms with Crippen LogP contribution in [-0.2, 0) is 9.59 Å². The quantitative estimate of drug-likeness (QED) is 0.663. The molecule has 1 aliphatic rings. The van der Waals surface area contributed by atoms with Crippen molar-refractivity contribution >= 4 is 11.8 Å². The van der Waals surface area contributed by atoms with Gasteiger partial charge < -0.3 is 5.32 Å². The average Bonchev–Trinajstić information content (AvgIpc) is 2.46. The zero-order chi connectivity index (χ0) is 11.4. The molecule has 1 N–H and O–H groups in total. The molecule has 0 bridgehead atoms. The van der Waals surface area contributed by atoms with Crippen LogP contribution in [0.3, 0.4) is 0 Å². The van der Waals surface area contributed by atoms with E-state index in [1.54, 1.807) is 0 Å². The Balaban J connectivity index is 2.56. The number of carbonyl (C=O) groups is 2. The summed E-state index contributed by atoms with van der Waals surface area (Å²) in [7, 11) is 1.48. The molecular weight excluding hydrogens is 194 g/mol. The first-order valence-corrected chi connectivity index (χ1v) is 5.03. The second-order valence-corrected chi connectivity index (χ2v) is 3.68. The minimum absolute atomic E-state index is 0.0109. The van der Waals surface area contributed by atoms with Crippen LogP contribution in [0.4, 0.5) is 0 Å². The van der Waals surface area contributed by atoms with Gasteiger partial charge in [-0.1, -0.05) is 6.92 Å². The van der Waals surface area contributed by atoms with Gasteiger partial charge in [-0.05, 0) is 6.42 Å². The van der Waals surface area contributed by atoms with Gasteiger partial charge in [0.05, 0.1) is 25.0 Å². The average molecular weight is 209 g/mol. The molecule has 2 unspecified atom stereocenters. The summed E-state index contributed by atoms with van der Waals surface area (Å²) in [6.45, 7) is 1.94. The summed E-state index contributed by atoms with van der Waals surface area (Å²) in [6.07, 6.45) is 1.34. The highest BCUT2D eigenvalue weighted by atomic mass is 16.2. The second-order valence-electron chi connectivity index (χ2n) is 3.68. The third-order valence-electron chi connectivity index (χ3n) is 2.65. The van der Waals surface area contributed by atoms with Gasteiger partial charge in [0.25, 0.3) is 0 Å². The lowest BCUT2D eigenvalue weighted by Crippen LogP contribution is -2.42. The van der Waals surface area contributed by atoms with E-state index >= 15 is 0 Å². The number of hydrogen-bond donors (Lipinski definition) is 1. The molecule has 1 aliphatic heterocycles. The van der Waals surface area contributed by atoms with E-state index in [2.05, 4.69) is 11.4 Å². The number of nitrogens with one attached hydrogen (secondary N) is 1. The number of imide groups is 1. The van der Waals surface area contributed by atoms with E-state index in [1.807, 2.05) is 6.92 Å². The Morgan fingerprint density at radius 3 is 2.73 bits per heavy atom. The second kappa shape index (κ2) is 4.89. The number of nitrogens with zero attached hydrogens (tertiary/aromatic N) is 2. The Morgan fingerprint density at radius 2 is 2.33 bits per heavy atom. The summed E-state index contributed by atoms with van der Waals surface area (Å²) in [6, 6.07) is 1.60. The molecule has 0 aromatic rings. The lowest BCUT2D eigenvalue weighted by atomic mass is 10.1. The van der Waals surface area contributed by atoms with Crippen LogP contribution < -0.4 is 5.32 Å². The number of hydrogen-bond acceptors (Lipinski definition) is 4. The normalized spacial score (nSPS) is 23.0. The molecule has 5 nitrogen and oxygen atoms in total. The number of likely N-dealkylation sites (tertiary alicyclic amines) is 1. The fourth-order valence-electron chi connectivity index (χ4n) is 1.60. The van der Waals surface area contributed by atoms with E-state index in [1.165, 1.54) is 7.05 Å². The fraction of sp³-hybridized carbons (Fsp3) is 0.700. The van der Waals surface area contributed by atoms with Crippen molar-refractivity contribution in [2.24, 2.45) is 0 Å². The molecule has 5 heteroatoms. The maximum absolute atomic E-state index is 11.5. The molecule has 82 valence electrons. The van der Waals surface area contributed by atoms with Gasteiger partial charge in [-0.25, -0.2) is 0 Å². The Morgan fingerprint density at radius 1 is 1.67 bits per heavy atom. The first kappa shape index (κ1) is 11.7. The van der Waals surface area contributed by atoms with Gasteiger partial charge in [0, 0.05) is 13.1 Å². The van der Waals surface area contributed by atoms with E-state index in [9.17, 15) is 9.59 Å². The van der Waals surface area contributed by atoms with Crippen LogP contribution in [0.15, 0.2) is 0 Å². The van der Waals surface area contributed by atoms with Crippen LogP contribution in [0.2, 0.25) is 0 Å². The van der Waals surface area contributed by atoms with Gasteiger partial charge in [0.2, 0.25) is 11.8 Å². The minimum Gasteiger partial charge on any atom is -0.302 e. The molecule has 1 saturated heterocycles. The van der Waals surface area contributed by atoms with Crippen LogP contribution in [0.5, 0.6) is 0 Å². The monoisotopic (exact) mass is 209 g/mol. The molecule has 0 aromatic carbocycles. The first-order chi connectivity index (χ1) is 7.10. The van der Waals surface area contributed by atoms with E-state index in [0.29, 0.717) is 6.42 Å². The highest BCUT2D eigenvalue weighted by Gasteiger charge is 2.36. The Hall–Kier alpha value is -1.41. The van der Waals surface area contributed by atoms with E-state index < -0.39 is 6.04 Å². The number of likely N-dealkylation sites (N-methyl/N-ethyl adjacent to an activating group) is 1. The summed E-state index contributed by atoms with van der Waals surface area (Å²) in [4.78, 5) is 23.9. The molecule has 0 aliphatic carbocycles. The maximum atomic E-state index is 11.5. The van der Waals surface area contributed by atoms with Crippen molar-refractivity contribution < 1.29 is 9.59 Å². The van der Waals surface area contributed by atoms with Crippen molar-refractivity contribution in [1.82, 2.24) is 10.2 Å². The Labute approximate surface area is 89.0 Å². The first-order valence-electron chi connectivity index (χ1n) is 5.03. The van der Waals surface area contributed by atoms with Crippen molar-refractivity contribution in [2.45, 2.75) is 38.3 Å². The molecule has 1 heterocycles. The van der Waals surface area contributed by atoms with Crippen molar-refractivity contribution in [1.29, 1.82) is 5.26 Å². The topological polar surface area (TPSA) is 73.2 Å². The summed E-state index contributed by atoms with van der Waals surface area (Å²) >= 11 is 0. The third kappa shape index (κ3) is 2.54. The summed E-state index contributed by atoms with van der Waals surface area (Å²) in [5.74, 6) is -0.360. The molecular formula is C10H15N3O2. The van der Waals surface area contributed by atoms with E-state index in [-0.39, 0.29) is 24.3 Å². The molecule has 2 atom stereocenters. The van der Waals surface area contributed by atoms with Gasteiger partial charge in [-0.15, -0.1) is 0 Å². The molecule has 1 fully saturated rings. The van der Waals surface area contributed by atoms with E-state index in [4.69, 9.17) is 5.26 Å². The molecule has 2 amide bonds. The van der Waals surface area contributed by atoms with Crippen molar-refractivity contribution in [3.63, 3.8) is 0 Å². The molecule has 0 spiro atoms. The van der Waals surface area contributed by atoms with Crippen LogP contribution in [0.25, 0.3) is 0 Å². The van der Waals surface area contributed by atoms with Gasteiger partial charge in [0.1, 0.15) is 0 Å². The van der Waals surface area contributed by atoms with Crippen LogP contribution >= 0.6 is 0 Å². The van der Waals surface area contributed by atoms with Crippen molar-refractivity contribution in [3.05, 3.63) is 0 Å². The van der Waals surface area contributed by atoms with Gasteiger partial charge in [0.15, 0.2) is 0 Å². The zero-order valence-corrected chi connectivity index (χ0v) is 8.99. The number of carbonyl (C=O) groups excluding carboxylic acids is 2. The Bertz CT molecular complexity index is 308. The van der Waals surface area contributed by atoms with Gasteiger partial charge in [-0.2, -0.15) is 5.26 Å². The summed E-state index contributed by atoms with van der Waals surface area (Å²) in [5.41, 5.74) is 0. The maximum Gasteiger partial charge on any atom is 0.246 e. The van der Waals surface area contributed by atoms with Crippen LogP contribution in [-0.4, -0.2) is 35.8 Å². The highest BCUT2D eigenvalue weighted by molar-refractivity contribution is 6.05. The largest absolute Gasteiger partial charge is 0.302 e. The van der Waals surface area contributed by atoms with Crippen LogP contribution in [0.1, 0.15) is 26.2 Å². The number of nitriles is 1. The van der Waals surface area contributed by atoms with Crippen LogP contribution in [0, 0.1) is 11.3 Å². The molecule has 0 aromatic heterocycles. The lowest BCUT2D eigenvalue weighted by Gasteiger charge is -2.17. The summed E-state index contributed by atoms with van der Waals surface area (Å²) in [5, 5.41) is 11.6. The van der Waals surface area contributed by atoms with E-state index in [0.717, 1.165) is 11.3 Å². The van der Waals surface area contributed by atoms with Gasteiger partial charge in [-0.3, -0.25) is 14.5 Å². The molecule has 0 saturated carbocycles. The van der Waals surface area contributed by atoms with Gasteiger partial charge >= 0.3 is 0 Å². The SMILES string of the molecule is CCC(CC#N)NC1CC(=O)N(C)C1=O. The fourth-order valence-corrected chi connectivity index (χ4v) is 1.60. The lowest BCUT2D eigenvalue weighted by molar-refractivity contribution is -0.137. The standard InChI is InChI=1S/C10H15N3O2/c1-3-7(4-5-11)12-8-6-9(14)13(2)10(8)15/h7-8,12H,3-4,6H2,1-2H3. The van der Waals surface area contributed by atoms with Crippen molar-refractivity contribution in [3.8, 4) is 6.07 Å². The number of rotatable bonds is 4.